The zero-order valence-corrected chi connectivity index (χ0v) is 27.9. The summed E-state index contributed by atoms with van der Waals surface area (Å²) >= 11 is 0. The number of benzene rings is 7. The van der Waals surface area contributed by atoms with Crippen molar-refractivity contribution in [3.8, 4) is 50.6 Å². The lowest BCUT2D eigenvalue weighted by Crippen LogP contribution is -2.15. The van der Waals surface area contributed by atoms with E-state index < -0.39 is 0 Å². The van der Waals surface area contributed by atoms with Crippen molar-refractivity contribution in [3.05, 3.63) is 175 Å². The Morgan fingerprint density at radius 3 is 1.92 bits per heavy atom. The van der Waals surface area contributed by atoms with Crippen LogP contribution in [0.4, 0.5) is 0 Å². The number of rotatable bonds is 4. The molecule has 0 saturated carbocycles. The summed E-state index contributed by atoms with van der Waals surface area (Å²) in [5.74, 6) is 0.744. The van der Waals surface area contributed by atoms with E-state index >= 15 is 0 Å². The molecule has 50 heavy (non-hydrogen) atoms. The molecule has 0 amide bonds. The van der Waals surface area contributed by atoms with Crippen molar-refractivity contribution >= 4 is 32.7 Å². The van der Waals surface area contributed by atoms with Gasteiger partial charge >= 0.3 is 0 Å². The second-order valence-electron chi connectivity index (χ2n) is 13.8. The van der Waals surface area contributed by atoms with Crippen LogP contribution in [0.25, 0.3) is 83.3 Å². The van der Waals surface area contributed by atoms with Gasteiger partial charge in [-0.3, -0.25) is 0 Å². The summed E-state index contributed by atoms with van der Waals surface area (Å²) < 4.78 is 2.36. The van der Waals surface area contributed by atoms with Gasteiger partial charge in [-0.05, 0) is 81.9 Å². The minimum absolute atomic E-state index is 0.0928. The summed E-state index contributed by atoms with van der Waals surface area (Å²) in [5.41, 5.74) is 15.1. The Morgan fingerprint density at radius 2 is 1.08 bits per heavy atom. The number of aromatic nitrogens is 3. The SMILES string of the molecule is CC1(C)c2ccccc2-c2ccc(-c3nc(-c4ccccc4)c4cc(-c5ccc6c(c5)c5ccccc5n6-c5ccccc5)ccc4n3)cc21. The van der Waals surface area contributed by atoms with Gasteiger partial charge in [-0.2, -0.15) is 0 Å². The highest BCUT2D eigenvalue weighted by Gasteiger charge is 2.35. The van der Waals surface area contributed by atoms with Gasteiger partial charge in [-0.25, -0.2) is 9.97 Å². The largest absolute Gasteiger partial charge is 0.309 e. The second kappa shape index (κ2) is 10.8. The van der Waals surface area contributed by atoms with Crippen LogP contribution < -0.4 is 0 Å². The first-order chi connectivity index (χ1) is 24.5. The fourth-order valence-electron chi connectivity index (χ4n) is 8.10. The Hall–Kier alpha value is -6.32. The molecule has 1 aliphatic carbocycles. The smallest absolute Gasteiger partial charge is 0.160 e. The first kappa shape index (κ1) is 28.7. The van der Waals surface area contributed by atoms with E-state index in [4.69, 9.17) is 9.97 Å². The van der Waals surface area contributed by atoms with Crippen molar-refractivity contribution < 1.29 is 0 Å². The van der Waals surface area contributed by atoms with Crippen LogP contribution in [-0.4, -0.2) is 14.5 Å². The molecule has 10 rings (SSSR count). The van der Waals surface area contributed by atoms with Gasteiger partial charge in [0.05, 0.1) is 22.2 Å². The van der Waals surface area contributed by atoms with Crippen LogP contribution in [0.5, 0.6) is 0 Å². The number of nitrogens with zero attached hydrogens (tertiary/aromatic N) is 3. The van der Waals surface area contributed by atoms with E-state index in [1.54, 1.807) is 0 Å². The van der Waals surface area contributed by atoms with E-state index in [1.165, 1.54) is 49.6 Å². The summed E-state index contributed by atoms with van der Waals surface area (Å²) in [6, 6.07) is 58.8. The maximum Gasteiger partial charge on any atom is 0.160 e. The van der Waals surface area contributed by atoms with Gasteiger partial charge in [-0.1, -0.05) is 129 Å². The van der Waals surface area contributed by atoms with Gasteiger partial charge in [0, 0.05) is 38.4 Å². The maximum absolute atomic E-state index is 5.31. The maximum atomic E-state index is 5.31. The van der Waals surface area contributed by atoms with E-state index in [1.807, 2.05) is 0 Å². The standard InChI is InChI=1S/C47H33N3/c1-47(2)40-19-11-9-17-35(40)36-24-21-33(29-41(36)47)46-48-42-25-22-31(28-39(42)45(49-46)30-13-5-3-6-14-30)32-23-26-44-38(27-32)37-18-10-12-20-43(37)50(44)34-15-7-4-8-16-34/h3-29H,1-2H3. The third-order valence-corrected chi connectivity index (χ3v) is 10.6. The van der Waals surface area contributed by atoms with Crippen molar-refractivity contribution in [2.24, 2.45) is 0 Å². The Bertz CT molecular complexity index is 2770. The molecular weight excluding hydrogens is 607 g/mol. The molecule has 0 radical (unpaired) electrons. The monoisotopic (exact) mass is 639 g/mol. The second-order valence-corrected chi connectivity index (χ2v) is 13.8. The molecule has 0 saturated heterocycles. The summed E-state index contributed by atoms with van der Waals surface area (Å²) in [5, 5.41) is 3.52. The predicted molar refractivity (Wildman–Crippen MR) is 208 cm³/mol. The number of hydrogen-bond donors (Lipinski definition) is 0. The van der Waals surface area contributed by atoms with Crippen LogP contribution in [0, 0.1) is 0 Å². The average Bonchev–Trinajstić information content (AvgIpc) is 3.62. The van der Waals surface area contributed by atoms with E-state index in [-0.39, 0.29) is 5.41 Å². The van der Waals surface area contributed by atoms with Crippen molar-refractivity contribution in [2.75, 3.05) is 0 Å². The van der Waals surface area contributed by atoms with E-state index in [2.05, 4.69) is 182 Å². The summed E-state index contributed by atoms with van der Waals surface area (Å²) in [6.45, 7) is 4.63. The Morgan fingerprint density at radius 1 is 0.440 bits per heavy atom. The van der Waals surface area contributed by atoms with Crippen LogP contribution in [0.3, 0.4) is 0 Å². The zero-order valence-electron chi connectivity index (χ0n) is 27.9. The zero-order chi connectivity index (χ0) is 33.4. The van der Waals surface area contributed by atoms with Gasteiger partial charge in [-0.15, -0.1) is 0 Å². The van der Waals surface area contributed by atoms with E-state index in [0.29, 0.717) is 0 Å². The van der Waals surface area contributed by atoms with Crippen molar-refractivity contribution in [3.63, 3.8) is 0 Å². The minimum atomic E-state index is -0.0928. The van der Waals surface area contributed by atoms with E-state index in [0.717, 1.165) is 44.8 Å². The molecule has 7 aromatic carbocycles. The third kappa shape index (κ3) is 4.30. The number of hydrogen-bond acceptors (Lipinski definition) is 2. The lowest BCUT2D eigenvalue weighted by atomic mass is 9.82. The van der Waals surface area contributed by atoms with Gasteiger partial charge in [0.2, 0.25) is 0 Å². The van der Waals surface area contributed by atoms with Crippen molar-refractivity contribution in [1.82, 2.24) is 14.5 Å². The molecule has 2 aromatic heterocycles. The highest BCUT2D eigenvalue weighted by atomic mass is 15.0. The first-order valence-electron chi connectivity index (χ1n) is 17.3. The highest BCUT2D eigenvalue weighted by molar-refractivity contribution is 6.10. The fraction of sp³-hybridized carbons (Fsp3) is 0.0638. The lowest BCUT2D eigenvalue weighted by molar-refractivity contribution is 0.660. The third-order valence-electron chi connectivity index (χ3n) is 10.6. The average molecular weight is 640 g/mol. The van der Waals surface area contributed by atoms with Gasteiger partial charge in [0.25, 0.3) is 0 Å². The molecule has 236 valence electrons. The summed E-state index contributed by atoms with van der Waals surface area (Å²) in [6.07, 6.45) is 0. The molecule has 1 aliphatic rings. The van der Waals surface area contributed by atoms with Crippen molar-refractivity contribution in [1.29, 1.82) is 0 Å². The first-order valence-corrected chi connectivity index (χ1v) is 17.3. The molecule has 3 heteroatoms. The quantitative estimate of drug-likeness (QED) is 0.192. The lowest BCUT2D eigenvalue weighted by Gasteiger charge is -2.21. The highest BCUT2D eigenvalue weighted by Crippen LogP contribution is 2.49. The molecule has 3 nitrogen and oxygen atoms in total. The summed E-state index contributed by atoms with van der Waals surface area (Å²) in [4.78, 5) is 10.5. The van der Waals surface area contributed by atoms with Crippen LogP contribution in [0.2, 0.25) is 0 Å². The molecule has 0 atom stereocenters. The minimum Gasteiger partial charge on any atom is -0.309 e. The Balaban J connectivity index is 1.13. The molecule has 0 fully saturated rings. The normalized spacial score (nSPS) is 13.2. The van der Waals surface area contributed by atoms with Crippen LogP contribution in [-0.2, 0) is 5.41 Å². The molecule has 9 aromatic rings. The molecule has 2 heterocycles. The van der Waals surface area contributed by atoms with Gasteiger partial charge in [0.15, 0.2) is 5.82 Å². The molecule has 0 N–H and O–H groups in total. The van der Waals surface area contributed by atoms with Crippen LogP contribution in [0.15, 0.2) is 164 Å². The van der Waals surface area contributed by atoms with Crippen LogP contribution >= 0.6 is 0 Å². The van der Waals surface area contributed by atoms with Crippen LogP contribution in [0.1, 0.15) is 25.0 Å². The van der Waals surface area contributed by atoms with E-state index in [9.17, 15) is 0 Å². The Labute approximate surface area is 291 Å². The molecule has 0 bridgehead atoms. The molecule has 0 unspecified atom stereocenters. The predicted octanol–water partition coefficient (Wildman–Crippen LogP) is 12.0. The molecule has 0 aliphatic heterocycles. The summed E-state index contributed by atoms with van der Waals surface area (Å²) in [7, 11) is 0. The molecule has 0 spiro atoms. The fourth-order valence-corrected chi connectivity index (χ4v) is 8.10. The topological polar surface area (TPSA) is 30.7 Å². The molecular formula is C47H33N3. The van der Waals surface area contributed by atoms with Gasteiger partial charge in [0.1, 0.15) is 0 Å². The number of para-hydroxylation sites is 2. The Kier molecular flexibility index (Phi) is 6.22. The number of fused-ring (bicyclic) bond motifs is 7. The van der Waals surface area contributed by atoms with Gasteiger partial charge < -0.3 is 4.57 Å². The van der Waals surface area contributed by atoms with Crippen molar-refractivity contribution in [2.45, 2.75) is 19.3 Å².